The topological polar surface area (TPSA) is 98.8 Å². The highest BCUT2D eigenvalue weighted by atomic mass is 35.5. The zero-order valence-electron chi connectivity index (χ0n) is 15.4. The molecular formula is C22H14ClNO6. The van der Waals surface area contributed by atoms with Crippen molar-refractivity contribution in [1.82, 2.24) is 5.32 Å². The number of ether oxygens (including phenoxy) is 1. The molecule has 2 aromatic carbocycles. The van der Waals surface area contributed by atoms with Crippen molar-refractivity contribution in [1.29, 1.82) is 0 Å². The number of halogens is 1. The van der Waals surface area contributed by atoms with Crippen molar-refractivity contribution in [3.8, 4) is 5.75 Å². The molecule has 8 heteroatoms. The minimum absolute atomic E-state index is 0.139. The lowest BCUT2D eigenvalue weighted by atomic mass is 10.1. The molecule has 2 heterocycles. The Morgan fingerprint density at radius 1 is 1.03 bits per heavy atom. The molecule has 30 heavy (non-hydrogen) atoms. The smallest absolute Gasteiger partial charge is 0.349 e. The molecule has 0 fully saturated rings. The Balaban J connectivity index is 1.53. The monoisotopic (exact) mass is 423 g/mol. The third-order valence-corrected chi connectivity index (χ3v) is 4.50. The number of hydrogen-bond acceptors (Lipinski definition) is 6. The molecular weight excluding hydrogens is 410 g/mol. The van der Waals surface area contributed by atoms with E-state index < -0.39 is 17.5 Å². The Morgan fingerprint density at radius 3 is 2.57 bits per heavy atom. The molecule has 0 radical (unpaired) electrons. The Morgan fingerprint density at radius 2 is 1.83 bits per heavy atom. The first-order valence-electron chi connectivity index (χ1n) is 8.86. The summed E-state index contributed by atoms with van der Waals surface area (Å²) in [6, 6.07) is 15.6. The van der Waals surface area contributed by atoms with E-state index in [0.717, 1.165) is 0 Å². The lowest BCUT2D eigenvalue weighted by Crippen LogP contribution is -2.27. The number of fused-ring (bicyclic) bond motifs is 1. The molecule has 7 nitrogen and oxygen atoms in total. The molecule has 0 aliphatic rings. The van der Waals surface area contributed by atoms with Crippen molar-refractivity contribution in [2.24, 2.45) is 0 Å². The van der Waals surface area contributed by atoms with Gasteiger partial charge in [0.1, 0.15) is 22.7 Å². The average molecular weight is 424 g/mol. The van der Waals surface area contributed by atoms with Crippen LogP contribution in [-0.2, 0) is 6.54 Å². The van der Waals surface area contributed by atoms with Crippen LogP contribution in [0.2, 0.25) is 5.02 Å². The third-order valence-electron chi connectivity index (χ3n) is 4.25. The van der Waals surface area contributed by atoms with Crippen LogP contribution in [0.1, 0.15) is 26.5 Å². The quantitative estimate of drug-likeness (QED) is 0.293. The van der Waals surface area contributed by atoms with E-state index in [-0.39, 0.29) is 23.4 Å². The number of nitrogens with one attached hydrogen (secondary N) is 1. The minimum atomic E-state index is -0.805. The van der Waals surface area contributed by atoms with Crippen LogP contribution in [0, 0.1) is 0 Å². The molecule has 0 saturated heterocycles. The van der Waals surface area contributed by atoms with Gasteiger partial charge in [-0.2, -0.15) is 0 Å². The molecule has 1 N–H and O–H groups in total. The van der Waals surface area contributed by atoms with Gasteiger partial charge in [0.05, 0.1) is 18.4 Å². The molecule has 0 spiro atoms. The maximum absolute atomic E-state index is 12.3. The second-order valence-corrected chi connectivity index (χ2v) is 6.74. The van der Waals surface area contributed by atoms with Crippen molar-refractivity contribution in [2.75, 3.05) is 0 Å². The number of amides is 1. The van der Waals surface area contributed by atoms with E-state index in [1.807, 2.05) is 0 Å². The van der Waals surface area contributed by atoms with E-state index >= 15 is 0 Å². The first-order valence-corrected chi connectivity index (χ1v) is 9.23. The summed E-state index contributed by atoms with van der Waals surface area (Å²) in [7, 11) is 0. The molecule has 1 amide bonds. The second kappa shape index (κ2) is 8.26. The number of rotatable bonds is 5. The van der Waals surface area contributed by atoms with Crippen molar-refractivity contribution in [2.45, 2.75) is 6.54 Å². The maximum atomic E-state index is 12.3. The van der Waals surface area contributed by atoms with Crippen molar-refractivity contribution in [3.63, 3.8) is 0 Å². The zero-order valence-corrected chi connectivity index (χ0v) is 16.1. The van der Waals surface area contributed by atoms with Crippen molar-refractivity contribution < 1.29 is 23.2 Å². The number of benzene rings is 2. The number of carbonyl (C=O) groups is 2. The molecule has 2 aromatic heterocycles. The van der Waals surface area contributed by atoms with Gasteiger partial charge in [-0.1, -0.05) is 11.6 Å². The Labute approximate surface area is 174 Å². The summed E-state index contributed by atoms with van der Waals surface area (Å²) in [5.41, 5.74) is -0.436. The fraction of sp³-hybridized carbons (Fsp3) is 0.0455. The molecule has 0 saturated carbocycles. The first kappa shape index (κ1) is 19.5. The van der Waals surface area contributed by atoms with Crippen molar-refractivity contribution >= 4 is 34.4 Å². The molecule has 0 atom stereocenters. The first-order chi connectivity index (χ1) is 14.5. The van der Waals surface area contributed by atoms with E-state index in [1.54, 1.807) is 48.5 Å². The van der Waals surface area contributed by atoms with Crippen LogP contribution in [0.3, 0.4) is 0 Å². The predicted molar refractivity (Wildman–Crippen MR) is 109 cm³/mol. The third kappa shape index (κ3) is 4.26. The summed E-state index contributed by atoms with van der Waals surface area (Å²) in [6.07, 6.45) is 1.49. The summed E-state index contributed by atoms with van der Waals surface area (Å²) in [6.45, 7) is 0.142. The Bertz CT molecular complexity index is 1280. The van der Waals surface area contributed by atoms with Crippen molar-refractivity contribution in [3.05, 3.63) is 99.3 Å². The normalized spacial score (nSPS) is 10.7. The van der Waals surface area contributed by atoms with Gasteiger partial charge in [-0.3, -0.25) is 4.79 Å². The largest absolute Gasteiger partial charge is 0.467 e. The molecule has 0 aliphatic heterocycles. The fourth-order valence-corrected chi connectivity index (χ4v) is 2.87. The SMILES string of the molecule is O=C(Oc1ccc2cc(C(=O)NCc3ccco3)c(=O)oc2c1)c1ccc(Cl)cc1. The van der Waals surface area contributed by atoms with Gasteiger partial charge in [0.2, 0.25) is 0 Å². The van der Waals surface area contributed by atoms with Gasteiger partial charge in [0, 0.05) is 16.5 Å². The molecule has 0 aliphatic carbocycles. The number of hydrogen-bond donors (Lipinski definition) is 1. The van der Waals surface area contributed by atoms with Gasteiger partial charge >= 0.3 is 11.6 Å². The summed E-state index contributed by atoms with van der Waals surface area (Å²) in [5, 5.41) is 3.60. The lowest BCUT2D eigenvalue weighted by Gasteiger charge is -2.07. The van der Waals surface area contributed by atoms with Gasteiger partial charge in [-0.05, 0) is 54.6 Å². The Hall–Kier alpha value is -3.84. The van der Waals surface area contributed by atoms with Gasteiger partial charge in [0.15, 0.2) is 0 Å². The number of furan rings is 1. The van der Waals surface area contributed by atoms with E-state index in [9.17, 15) is 14.4 Å². The van der Waals surface area contributed by atoms with E-state index in [0.29, 0.717) is 21.7 Å². The van der Waals surface area contributed by atoms with E-state index in [1.165, 1.54) is 18.4 Å². The highest BCUT2D eigenvalue weighted by molar-refractivity contribution is 6.30. The molecule has 150 valence electrons. The zero-order chi connectivity index (χ0) is 21.1. The number of carbonyl (C=O) groups excluding carboxylic acids is 2. The van der Waals surface area contributed by atoms with E-state index in [2.05, 4.69) is 5.32 Å². The lowest BCUT2D eigenvalue weighted by molar-refractivity contribution is 0.0734. The van der Waals surface area contributed by atoms with Gasteiger partial charge < -0.3 is 18.9 Å². The van der Waals surface area contributed by atoms with Crippen LogP contribution in [0.25, 0.3) is 11.0 Å². The molecule has 0 bridgehead atoms. The van der Waals surface area contributed by atoms with Crippen LogP contribution in [0.4, 0.5) is 0 Å². The highest BCUT2D eigenvalue weighted by Crippen LogP contribution is 2.22. The van der Waals surface area contributed by atoms with Gasteiger partial charge in [-0.15, -0.1) is 0 Å². The summed E-state index contributed by atoms with van der Waals surface area (Å²) >= 11 is 5.81. The number of esters is 1. The summed E-state index contributed by atoms with van der Waals surface area (Å²) in [4.78, 5) is 36.8. The Kier molecular flexibility index (Phi) is 5.36. The summed E-state index contributed by atoms with van der Waals surface area (Å²) < 4.78 is 15.7. The fourth-order valence-electron chi connectivity index (χ4n) is 2.74. The van der Waals surface area contributed by atoms with E-state index in [4.69, 9.17) is 25.2 Å². The second-order valence-electron chi connectivity index (χ2n) is 6.31. The average Bonchev–Trinajstić information content (AvgIpc) is 3.25. The standard InChI is InChI=1S/C22H14ClNO6/c23-15-6-3-13(4-7-15)21(26)29-16-8-5-14-10-18(22(27)30-19(14)11-16)20(25)24-12-17-2-1-9-28-17/h1-11H,12H2,(H,24,25). The van der Waals surface area contributed by atoms with Crippen LogP contribution >= 0.6 is 11.6 Å². The molecule has 0 unspecified atom stereocenters. The maximum Gasteiger partial charge on any atom is 0.349 e. The highest BCUT2D eigenvalue weighted by Gasteiger charge is 2.15. The molecule has 4 aromatic rings. The summed E-state index contributed by atoms with van der Waals surface area (Å²) in [5.74, 6) is -0.413. The van der Waals surface area contributed by atoms with Crippen LogP contribution in [-0.4, -0.2) is 11.9 Å². The van der Waals surface area contributed by atoms with Gasteiger partial charge in [-0.25, -0.2) is 9.59 Å². The van der Waals surface area contributed by atoms with Crippen LogP contribution in [0.15, 0.2) is 80.6 Å². The molecule has 4 rings (SSSR count). The van der Waals surface area contributed by atoms with Gasteiger partial charge in [0.25, 0.3) is 5.91 Å². The predicted octanol–water partition coefficient (Wildman–Crippen LogP) is 4.19. The van der Waals surface area contributed by atoms with Crippen LogP contribution < -0.4 is 15.7 Å². The van der Waals surface area contributed by atoms with Crippen LogP contribution in [0.5, 0.6) is 5.75 Å². The minimum Gasteiger partial charge on any atom is -0.467 e.